The summed E-state index contributed by atoms with van der Waals surface area (Å²) in [5.74, 6) is -0.373. The number of benzene rings is 2. The zero-order valence-corrected chi connectivity index (χ0v) is 11.3. The molecule has 0 aliphatic carbocycles. The van der Waals surface area contributed by atoms with Crippen LogP contribution in [-0.4, -0.2) is 4.98 Å². The number of nitrogens with two attached hydrogens (primary N) is 1. The number of rotatable bonds is 2. The highest BCUT2D eigenvalue weighted by Crippen LogP contribution is 2.28. The van der Waals surface area contributed by atoms with Gasteiger partial charge in [-0.3, -0.25) is 4.98 Å². The Hall–Kier alpha value is -1.97. The molecule has 2 aromatic carbocycles. The van der Waals surface area contributed by atoms with Gasteiger partial charge in [-0.25, -0.2) is 4.39 Å². The SMILES string of the molecule is NC(c1cnc2ccccc2c1)c1ccc(F)cc1Cl. The van der Waals surface area contributed by atoms with Gasteiger partial charge in [0.25, 0.3) is 0 Å². The number of halogens is 2. The molecule has 100 valence electrons. The van der Waals surface area contributed by atoms with Crippen molar-refractivity contribution in [2.24, 2.45) is 5.73 Å². The van der Waals surface area contributed by atoms with Gasteiger partial charge >= 0.3 is 0 Å². The molecule has 0 spiro atoms. The van der Waals surface area contributed by atoms with Gasteiger partial charge in [-0.1, -0.05) is 35.9 Å². The highest BCUT2D eigenvalue weighted by atomic mass is 35.5. The quantitative estimate of drug-likeness (QED) is 0.771. The maximum Gasteiger partial charge on any atom is 0.124 e. The molecule has 0 saturated carbocycles. The lowest BCUT2D eigenvalue weighted by Crippen LogP contribution is -2.12. The van der Waals surface area contributed by atoms with Gasteiger partial charge in [-0.05, 0) is 35.4 Å². The van der Waals surface area contributed by atoms with E-state index in [1.807, 2.05) is 30.3 Å². The summed E-state index contributed by atoms with van der Waals surface area (Å²) < 4.78 is 13.1. The highest BCUT2D eigenvalue weighted by Gasteiger charge is 2.14. The van der Waals surface area contributed by atoms with Crippen molar-refractivity contribution in [3.8, 4) is 0 Å². The number of hydrogen-bond acceptors (Lipinski definition) is 2. The minimum Gasteiger partial charge on any atom is -0.320 e. The smallest absolute Gasteiger partial charge is 0.124 e. The summed E-state index contributed by atoms with van der Waals surface area (Å²) in [6, 6.07) is 13.6. The van der Waals surface area contributed by atoms with E-state index in [0.717, 1.165) is 16.5 Å². The molecule has 0 aliphatic rings. The molecule has 2 nitrogen and oxygen atoms in total. The van der Waals surface area contributed by atoms with Crippen molar-refractivity contribution in [1.29, 1.82) is 0 Å². The average molecular weight is 287 g/mol. The van der Waals surface area contributed by atoms with Gasteiger partial charge in [0, 0.05) is 16.6 Å². The van der Waals surface area contributed by atoms with Gasteiger partial charge in [-0.15, -0.1) is 0 Å². The Kier molecular flexibility index (Phi) is 3.38. The Morgan fingerprint density at radius 1 is 1.10 bits per heavy atom. The maximum absolute atomic E-state index is 13.1. The van der Waals surface area contributed by atoms with Crippen LogP contribution in [-0.2, 0) is 0 Å². The fourth-order valence-corrected chi connectivity index (χ4v) is 2.48. The molecule has 1 aromatic heterocycles. The van der Waals surface area contributed by atoms with E-state index in [1.165, 1.54) is 12.1 Å². The lowest BCUT2D eigenvalue weighted by atomic mass is 9.99. The van der Waals surface area contributed by atoms with E-state index in [0.29, 0.717) is 10.6 Å². The molecule has 2 N–H and O–H groups in total. The normalized spacial score (nSPS) is 12.6. The first-order valence-electron chi connectivity index (χ1n) is 6.20. The van der Waals surface area contributed by atoms with Crippen molar-refractivity contribution < 1.29 is 4.39 Å². The molecule has 3 rings (SSSR count). The van der Waals surface area contributed by atoms with E-state index >= 15 is 0 Å². The third kappa shape index (κ3) is 2.38. The van der Waals surface area contributed by atoms with Crippen LogP contribution in [0.4, 0.5) is 4.39 Å². The van der Waals surface area contributed by atoms with Crippen LogP contribution >= 0.6 is 11.6 Å². The van der Waals surface area contributed by atoms with Gasteiger partial charge < -0.3 is 5.73 Å². The maximum atomic E-state index is 13.1. The zero-order valence-electron chi connectivity index (χ0n) is 10.6. The van der Waals surface area contributed by atoms with Crippen LogP contribution < -0.4 is 5.73 Å². The molecular weight excluding hydrogens is 275 g/mol. The summed E-state index contributed by atoms with van der Waals surface area (Å²) in [6.07, 6.45) is 1.73. The minimum atomic E-state index is -0.430. The predicted octanol–water partition coefficient (Wildman–Crippen LogP) is 4.08. The molecule has 0 aliphatic heterocycles. The second kappa shape index (κ2) is 5.19. The molecule has 4 heteroatoms. The first kappa shape index (κ1) is 13.0. The number of para-hydroxylation sites is 1. The number of hydrogen-bond donors (Lipinski definition) is 1. The van der Waals surface area contributed by atoms with Crippen LogP contribution in [0.1, 0.15) is 17.2 Å². The fourth-order valence-electron chi connectivity index (χ4n) is 2.19. The second-order valence-electron chi connectivity index (χ2n) is 4.60. The monoisotopic (exact) mass is 286 g/mol. The van der Waals surface area contributed by atoms with E-state index in [-0.39, 0.29) is 5.82 Å². The summed E-state index contributed by atoms with van der Waals surface area (Å²) in [4.78, 5) is 4.38. The van der Waals surface area contributed by atoms with Crippen LogP contribution in [0.15, 0.2) is 54.7 Å². The predicted molar refractivity (Wildman–Crippen MR) is 79.2 cm³/mol. The average Bonchev–Trinajstić information content (AvgIpc) is 2.46. The van der Waals surface area contributed by atoms with E-state index in [4.69, 9.17) is 17.3 Å². The van der Waals surface area contributed by atoms with Gasteiger partial charge in [0.05, 0.1) is 11.6 Å². The molecule has 0 radical (unpaired) electrons. The Bertz CT molecular complexity index is 773. The van der Waals surface area contributed by atoms with Gasteiger partial charge in [-0.2, -0.15) is 0 Å². The van der Waals surface area contributed by atoms with Crippen molar-refractivity contribution in [2.75, 3.05) is 0 Å². The molecular formula is C16H12ClFN2. The van der Waals surface area contributed by atoms with Crippen molar-refractivity contribution in [2.45, 2.75) is 6.04 Å². The van der Waals surface area contributed by atoms with Gasteiger partial charge in [0.15, 0.2) is 0 Å². The molecule has 1 heterocycles. The number of nitrogens with zero attached hydrogens (tertiary/aromatic N) is 1. The molecule has 0 saturated heterocycles. The Labute approximate surface area is 121 Å². The molecule has 0 fully saturated rings. The van der Waals surface area contributed by atoms with E-state index in [2.05, 4.69) is 4.98 Å². The van der Waals surface area contributed by atoms with Crippen molar-refractivity contribution >= 4 is 22.5 Å². The molecule has 3 aromatic rings. The van der Waals surface area contributed by atoms with E-state index < -0.39 is 6.04 Å². The molecule has 0 amide bonds. The summed E-state index contributed by atoms with van der Waals surface area (Å²) in [5, 5.41) is 1.34. The third-order valence-electron chi connectivity index (χ3n) is 3.27. The first-order chi connectivity index (χ1) is 9.65. The van der Waals surface area contributed by atoms with Crippen LogP contribution in [0.5, 0.6) is 0 Å². The number of pyridine rings is 1. The minimum absolute atomic E-state index is 0.325. The number of fused-ring (bicyclic) bond motifs is 1. The van der Waals surface area contributed by atoms with Crippen LogP contribution in [0.25, 0.3) is 10.9 Å². The van der Waals surface area contributed by atoms with Gasteiger partial charge in [0.2, 0.25) is 0 Å². The van der Waals surface area contributed by atoms with Crippen LogP contribution in [0.2, 0.25) is 5.02 Å². The first-order valence-corrected chi connectivity index (χ1v) is 6.58. The van der Waals surface area contributed by atoms with Crippen LogP contribution in [0, 0.1) is 5.82 Å². The Balaban J connectivity index is 2.05. The molecule has 1 atom stereocenters. The Morgan fingerprint density at radius 3 is 2.70 bits per heavy atom. The van der Waals surface area contributed by atoms with E-state index in [9.17, 15) is 4.39 Å². The van der Waals surface area contributed by atoms with Crippen LogP contribution in [0.3, 0.4) is 0 Å². The molecule has 0 bridgehead atoms. The van der Waals surface area contributed by atoms with Crippen molar-refractivity contribution in [3.05, 3.63) is 76.7 Å². The summed E-state index contributed by atoms with van der Waals surface area (Å²) in [7, 11) is 0. The lowest BCUT2D eigenvalue weighted by molar-refractivity contribution is 0.626. The lowest BCUT2D eigenvalue weighted by Gasteiger charge is -2.14. The number of aromatic nitrogens is 1. The summed E-state index contributed by atoms with van der Waals surface area (Å²) in [6.45, 7) is 0. The largest absolute Gasteiger partial charge is 0.320 e. The Morgan fingerprint density at radius 2 is 1.90 bits per heavy atom. The standard InChI is InChI=1S/C16H12ClFN2/c17-14-8-12(18)5-6-13(14)16(19)11-7-10-3-1-2-4-15(10)20-9-11/h1-9,16H,19H2. The fraction of sp³-hybridized carbons (Fsp3) is 0.0625. The van der Waals surface area contributed by atoms with E-state index in [1.54, 1.807) is 12.3 Å². The van der Waals surface area contributed by atoms with Crippen molar-refractivity contribution in [1.82, 2.24) is 4.98 Å². The second-order valence-corrected chi connectivity index (χ2v) is 5.01. The van der Waals surface area contributed by atoms with Gasteiger partial charge in [0.1, 0.15) is 5.82 Å². The highest BCUT2D eigenvalue weighted by molar-refractivity contribution is 6.31. The topological polar surface area (TPSA) is 38.9 Å². The summed E-state index contributed by atoms with van der Waals surface area (Å²) >= 11 is 6.05. The molecule has 20 heavy (non-hydrogen) atoms. The molecule has 1 unspecified atom stereocenters. The zero-order chi connectivity index (χ0) is 14.1. The third-order valence-corrected chi connectivity index (χ3v) is 3.60. The summed E-state index contributed by atoms with van der Waals surface area (Å²) in [5.41, 5.74) is 8.65. The van der Waals surface area contributed by atoms with Crippen molar-refractivity contribution in [3.63, 3.8) is 0 Å².